The van der Waals surface area contributed by atoms with E-state index in [1.165, 1.54) is 5.56 Å². The van der Waals surface area contributed by atoms with Crippen molar-refractivity contribution in [1.82, 2.24) is 9.80 Å². The van der Waals surface area contributed by atoms with Gasteiger partial charge in [0.25, 0.3) is 5.91 Å². The molecule has 0 spiro atoms. The molecule has 0 aliphatic carbocycles. The van der Waals surface area contributed by atoms with E-state index in [1.54, 1.807) is 0 Å². The molecule has 1 aromatic rings. The number of carbonyl (C=O) groups is 1. The van der Waals surface area contributed by atoms with Crippen molar-refractivity contribution in [3.05, 3.63) is 34.9 Å². The van der Waals surface area contributed by atoms with Gasteiger partial charge in [0, 0.05) is 44.8 Å². The van der Waals surface area contributed by atoms with Gasteiger partial charge in [-0.2, -0.15) is 0 Å². The number of hydrogen-bond donors (Lipinski definition) is 1. The van der Waals surface area contributed by atoms with E-state index in [9.17, 15) is 4.79 Å². The minimum Gasteiger partial charge on any atom is -0.336 e. The third-order valence-corrected chi connectivity index (χ3v) is 3.94. The van der Waals surface area contributed by atoms with Crippen LogP contribution in [0.2, 0.25) is 0 Å². The summed E-state index contributed by atoms with van der Waals surface area (Å²) in [6, 6.07) is 5.93. The maximum atomic E-state index is 12.5. The average molecular weight is 261 g/mol. The van der Waals surface area contributed by atoms with E-state index in [1.807, 2.05) is 36.9 Å². The molecule has 1 fully saturated rings. The maximum Gasteiger partial charge on any atom is 0.254 e. The Morgan fingerprint density at radius 1 is 1.21 bits per heavy atom. The molecule has 0 atom stereocenters. The van der Waals surface area contributed by atoms with Crippen molar-refractivity contribution in [2.75, 3.05) is 39.3 Å². The van der Waals surface area contributed by atoms with Gasteiger partial charge in [-0.25, -0.2) is 0 Å². The summed E-state index contributed by atoms with van der Waals surface area (Å²) in [5.41, 5.74) is 8.67. The Labute approximate surface area is 115 Å². The van der Waals surface area contributed by atoms with Gasteiger partial charge >= 0.3 is 0 Å². The number of hydrogen-bond acceptors (Lipinski definition) is 3. The van der Waals surface area contributed by atoms with E-state index in [2.05, 4.69) is 4.90 Å². The number of amides is 1. The monoisotopic (exact) mass is 261 g/mol. The highest BCUT2D eigenvalue weighted by Crippen LogP contribution is 2.16. The van der Waals surface area contributed by atoms with E-state index in [0.717, 1.165) is 43.9 Å². The van der Waals surface area contributed by atoms with Crippen molar-refractivity contribution in [2.45, 2.75) is 13.8 Å². The second-order valence-corrected chi connectivity index (χ2v) is 5.17. The van der Waals surface area contributed by atoms with Gasteiger partial charge in [0.1, 0.15) is 0 Å². The van der Waals surface area contributed by atoms with E-state index in [-0.39, 0.29) is 5.91 Å². The molecule has 4 heteroatoms. The van der Waals surface area contributed by atoms with Crippen LogP contribution in [0.5, 0.6) is 0 Å². The molecule has 0 unspecified atom stereocenters. The van der Waals surface area contributed by atoms with Crippen LogP contribution >= 0.6 is 0 Å². The van der Waals surface area contributed by atoms with Crippen LogP contribution in [0.3, 0.4) is 0 Å². The zero-order chi connectivity index (χ0) is 13.8. The Bertz CT molecular complexity index is 451. The minimum atomic E-state index is 0.161. The highest BCUT2D eigenvalue weighted by atomic mass is 16.2. The molecule has 2 rings (SSSR count). The topological polar surface area (TPSA) is 49.6 Å². The van der Waals surface area contributed by atoms with Crippen LogP contribution in [0.4, 0.5) is 0 Å². The molecule has 1 aromatic carbocycles. The van der Waals surface area contributed by atoms with Crippen LogP contribution in [0, 0.1) is 13.8 Å². The lowest BCUT2D eigenvalue weighted by Gasteiger charge is -2.34. The van der Waals surface area contributed by atoms with Crippen molar-refractivity contribution in [2.24, 2.45) is 5.73 Å². The third kappa shape index (κ3) is 3.14. The minimum absolute atomic E-state index is 0.161. The molecule has 1 amide bonds. The van der Waals surface area contributed by atoms with Crippen molar-refractivity contribution >= 4 is 5.91 Å². The second-order valence-electron chi connectivity index (χ2n) is 5.17. The molecule has 2 N–H and O–H groups in total. The molecule has 1 aliphatic rings. The third-order valence-electron chi connectivity index (χ3n) is 3.94. The lowest BCUT2D eigenvalue weighted by atomic mass is 10.0. The summed E-state index contributed by atoms with van der Waals surface area (Å²) >= 11 is 0. The highest BCUT2D eigenvalue weighted by molar-refractivity contribution is 5.96. The largest absolute Gasteiger partial charge is 0.336 e. The number of nitrogens with zero attached hydrogens (tertiary/aromatic N) is 2. The molecule has 0 aromatic heterocycles. The summed E-state index contributed by atoms with van der Waals surface area (Å²) in [6.45, 7) is 9.12. The zero-order valence-corrected chi connectivity index (χ0v) is 11.9. The first-order chi connectivity index (χ1) is 9.13. The summed E-state index contributed by atoms with van der Waals surface area (Å²) in [7, 11) is 0. The highest BCUT2D eigenvalue weighted by Gasteiger charge is 2.22. The van der Waals surface area contributed by atoms with Crippen LogP contribution in [0.25, 0.3) is 0 Å². The number of benzene rings is 1. The van der Waals surface area contributed by atoms with Gasteiger partial charge in [-0.3, -0.25) is 9.69 Å². The first kappa shape index (κ1) is 14.0. The molecule has 19 heavy (non-hydrogen) atoms. The molecule has 1 saturated heterocycles. The molecule has 1 aliphatic heterocycles. The molecular formula is C15H23N3O. The Balaban J connectivity index is 2.03. The molecule has 0 bridgehead atoms. The first-order valence-electron chi connectivity index (χ1n) is 6.91. The Kier molecular flexibility index (Phi) is 4.56. The summed E-state index contributed by atoms with van der Waals surface area (Å²) < 4.78 is 0. The van der Waals surface area contributed by atoms with Gasteiger partial charge in [0.05, 0.1) is 0 Å². The Morgan fingerprint density at radius 3 is 2.53 bits per heavy atom. The summed E-state index contributed by atoms with van der Waals surface area (Å²) in [4.78, 5) is 16.8. The van der Waals surface area contributed by atoms with Gasteiger partial charge in [0.15, 0.2) is 0 Å². The van der Waals surface area contributed by atoms with Gasteiger partial charge in [-0.15, -0.1) is 0 Å². The lowest BCUT2D eigenvalue weighted by Crippen LogP contribution is -2.49. The number of nitrogens with two attached hydrogens (primary N) is 1. The number of piperazine rings is 1. The quantitative estimate of drug-likeness (QED) is 0.884. The lowest BCUT2D eigenvalue weighted by molar-refractivity contribution is 0.0640. The fourth-order valence-electron chi connectivity index (χ4n) is 2.51. The standard InChI is InChI=1S/C15H23N3O/c1-12-4-3-5-14(13(12)2)15(19)18-10-8-17(7-6-16)9-11-18/h3-5H,6-11,16H2,1-2H3. The molecular weight excluding hydrogens is 238 g/mol. The van der Waals surface area contributed by atoms with Crippen molar-refractivity contribution < 1.29 is 4.79 Å². The fourth-order valence-corrected chi connectivity index (χ4v) is 2.51. The molecule has 4 nitrogen and oxygen atoms in total. The Morgan fingerprint density at radius 2 is 1.89 bits per heavy atom. The number of aryl methyl sites for hydroxylation is 1. The van der Waals surface area contributed by atoms with Gasteiger partial charge in [-0.1, -0.05) is 12.1 Å². The predicted octanol–water partition coefficient (Wildman–Crippen LogP) is 1.02. The van der Waals surface area contributed by atoms with Crippen LogP contribution in [0.15, 0.2) is 18.2 Å². The van der Waals surface area contributed by atoms with E-state index in [4.69, 9.17) is 5.73 Å². The van der Waals surface area contributed by atoms with Crippen molar-refractivity contribution in [3.8, 4) is 0 Å². The van der Waals surface area contributed by atoms with Crippen LogP contribution in [0.1, 0.15) is 21.5 Å². The van der Waals surface area contributed by atoms with E-state index in [0.29, 0.717) is 6.54 Å². The number of carbonyl (C=O) groups excluding carboxylic acids is 1. The smallest absolute Gasteiger partial charge is 0.254 e. The Hall–Kier alpha value is -1.39. The summed E-state index contributed by atoms with van der Waals surface area (Å²) in [5.74, 6) is 0.161. The SMILES string of the molecule is Cc1cccc(C(=O)N2CCN(CCN)CC2)c1C. The normalized spacial score (nSPS) is 16.7. The van der Waals surface area contributed by atoms with Gasteiger partial charge in [-0.05, 0) is 31.0 Å². The zero-order valence-electron chi connectivity index (χ0n) is 11.9. The first-order valence-corrected chi connectivity index (χ1v) is 6.91. The van der Waals surface area contributed by atoms with E-state index >= 15 is 0 Å². The van der Waals surface area contributed by atoms with Crippen molar-refractivity contribution in [3.63, 3.8) is 0 Å². The predicted molar refractivity (Wildman–Crippen MR) is 77.3 cm³/mol. The van der Waals surface area contributed by atoms with Crippen LogP contribution in [-0.4, -0.2) is 55.0 Å². The van der Waals surface area contributed by atoms with Gasteiger partial charge < -0.3 is 10.6 Å². The summed E-state index contributed by atoms with van der Waals surface area (Å²) in [5, 5.41) is 0. The number of rotatable bonds is 3. The van der Waals surface area contributed by atoms with Crippen molar-refractivity contribution in [1.29, 1.82) is 0 Å². The fraction of sp³-hybridized carbons (Fsp3) is 0.533. The second kappa shape index (κ2) is 6.17. The molecule has 104 valence electrons. The van der Waals surface area contributed by atoms with Gasteiger partial charge in [0.2, 0.25) is 0 Å². The maximum absolute atomic E-state index is 12.5. The van der Waals surface area contributed by atoms with Crippen LogP contribution in [-0.2, 0) is 0 Å². The average Bonchev–Trinajstić information content (AvgIpc) is 2.42. The van der Waals surface area contributed by atoms with Crippen LogP contribution < -0.4 is 5.73 Å². The summed E-state index contributed by atoms with van der Waals surface area (Å²) in [6.07, 6.45) is 0. The molecule has 0 radical (unpaired) electrons. The van der Waals surface area contributed by atoms with E-state index < -0.39 is 0 Å². The molecule has 1 heterocycles. The molecule has 0 saturated carbocycles.